The molecule has 7 nitrogen and oxygen atoms in total. The molecule has 0 aliphatic heterocycles. The normalized spacial score (nSPS) is 11.4. The van der Waals surface area contributed by atoms with Gasteiger partial charge in [0.05, 0.1) is 19.9 Å². The molecule has 1 amide bonds. The summed E-state index contributed by atoms with van der Waals surface area (Å²) in [5, 5.41) is 10.0. The molecule has 2 aromatic rings. The Morgan fingerprint density at radius 3 is 2.68 bits per heavy atom. The monoisotopic (exact) mass is 368 g/mol. The van der Waals surface area contributed by atoms with Crippen molar-refractivity contribution in [3.8, 4) is 11.5 Å². The number of halogens is 1. The second-order valence-corrected chi connectivity index (χ2v) is 5.31. The van der Waals surface area contributed by atoms with Crippen LogP contribution in [0, 0.1) is 0 Å². The van der Waals surface area contributed by atoms with Gasteiger partial charge < -0.3 is 20.1 Å². The molecule has 0 radical (unpaired) electrons. The Kier molecular flexibility index (Phi) is 8.24. The van der Waals surface area contributed by atoms with E-state index in [-0.39, 0.29) is 18.3 Å². The largest absolute Gasteiger partial charge is 0.493 e. The molecule has 2 rings (SSSR count). The second kappa shape index (κ2) is 9.90. The summed E-state index contributed by atoms with van der Waals surface area (Å²) >= 11 is 0. The Labute approximate surface area is 154 Å². The van der Waals surface area contributed by atoms with Gasteiger partial charge in [-0.25, -0.2) is 0 Å². The molecule has 1 unspecified atom stereocenters. The molecular weight excluding hydrogens is 344 g/mol. The zero-order valence-electron chi connectivity index (χ0n) is 14.9. The van der Waals surface area contributed by atoms with Gasteiger partial charge in [-0.2, -0.15) is 5.10 Å². The number of rotatable bonds is 8. The number of amides is 1. The first-order valence-corrected chi connectivity index (χ1v) is 7.82. The highest BCUT2D eigenvalue weighted by molar-refractivity contribution is 5.85. The van der Waals surface area contributed by atoms with Crippen LogP contribution in [0.5, 0.6) is 11.5 Å². The van der Waals surface area contributed by atoms with Crippen molar-refractivity contribution in [2.24, 2.45) is 7.05 Å². The van der Waals surface area contributed by atoms with Crippen LogP contribution >= 0.6 is 12.4 Å². The van der Waals surface area contributed by atoms with Gasteiger partial charge in [0.2, 0.25) is 5.91 Å². The summed E-state index contributed by atoms with van der Waals surface area (Å²) in [5.74, 6) is 1.24. The van der Waals surface area contributed by atoms with Crippen LogP contribution in [0.1, 0.15) is 24.1 Å². The molecule has 2 N–H and O–H groups in total. The second-order valence-electron chi connectivity index (χ2n) is 5.31. The number of nitrogens with zero attached hydrogens (tertiary/aromatic N) is 2. The predicted molar refractivity (Wildman–Crippen MR) is 98.3 cm³/mol. The number of methoxy groups -OCH3 is 1. The maximum atomic E-state index is 12.4. The molecule has 0 aliphatic carbocycles. The van der Waals surface area contributed by atoms with Crippen molar-refractivity contribution in [1.82, 2.24) is 20.4 Å². The average Bonchev–Trinajstić information content (AvgIpc) is 3.00. The topological polar surface area (TPSA) is 77.4 Å². The van der Waals surface area contributed by atoms with Crippen molar-refractivity contribution in [2.75, 3.05) is 20.8 Å². The number of carbonyl (C=O) groups is 1. The van der Waals surface area contributed by atoms with Crippen LogP contribution in [0.4, 0.5) is 0 Å². The molecule has 1 atom stereocenters. The first kappa shape index (κ1) is 20.8. The number of nitrogens with one attached hydrogen (secondary N) is 2. The van der Waals surface area contributed by atoms with Gasteiger partial charge in [0.25, 0.3) is 0 Å². The lowest BCUT2D eigenvalue weighted by molar-refractivity contribution is -0.123. The third-order valence-corrected chi connectivity index (χ3v) is 3.60. The van der Waals surface area contributed by atoms with E-state index in [2.05, 4.69) is 15.7 Å². The quantitative estimate of drug-likeness (QED) is 0.743. The lowest BCUT2D eigenvalue weighted by atomic mass is 10.1. The van der Waals surface area contributed by atoms with Gasteiger partial charge in [-0.15, -0.1) is 12.4 Å². The fourth-order valence-corrected chi connectivity index (χ4v) is 2.43. The smallest absolute Gasteiger partial charge is 0.242 e. The van der Waals surface area contributed by atoms with Gasteiger partial charge in [-0.3, -0.25) is 9.48 Å². The van der Waals surface area contributed by atoms with E-state index in [1.165, 1.54) is 0 Å². The maximum Gasteiger partial charge on any atom is 0.242 e. The standard InChI is InChI=1S/C17H24N4O3.ClH/c1-5-24-15-8-12(6-7-14(15)23-4)9-19-17(22)16(18-2)13-10-20-21(3)11-13;/h6-8,10-11,16,18H,5,9H2,1-4H3,(H,19,22);1H. The van der Waals surface area contributed by atoms with Crippen LogP contribution in [0.3, 0.4) is 0 Å². The highest BCUT2D eigenvalue weighted by Gasteiger charge is 2.19. The number of aromatic nitrogens is 2. The van der Waals surface area contributed by atoms with Crippen LogP contribution in [0.15, 0.2) is 30.6 Å². The number of carbonyl (C=O) groups excluding carboxylic acids is 1. The van der Waals surface area contributed by atoms with E-state index in [0.717, 1.165) is 11.1 Å². The Hall–Kier alpha value is -2.25. The van der Waals surface area contributed by atoms with Crippen LogP contribution in [-0.4, -0.2) is 36.5 Å². The van der Waals surface area contributed by atoms with Gasteiger partial charge in [0.15, 0.2) is 11.5 Å². The minimum Gasteiger partial charge on any atom is -0.493 e. The minimum absolute atomic E-state index is 0. The van der Waals surface area contributed by atoms with Gasteiger partial charge in [0.1, 0.15) is 6.04 Å². The first-order chi connectivity index (χ1) is 11.6. The van der Waals surface area contributed by atoms with E-state index in [0.29, 0.717) is 24.7 Å². The van der Waals surface area contributed by atoms with E-state index in [4.69, 9.17) is 9.47 Å². The highest BCUT2D eigenvalue weighted by atomic mass is 35.5. The number of benzene rings is 1. The molecule has 0 fully saturated rings. The van der Waals surface area contributed by atoms with Gasteiger partial charge >= 0.3 is 0 Å². The number of hydrogen-bond donors (Lipinski definition) is 2. The Balaban J connectivity index is 0.00000312. The Bertz CT molecular complexity index is 690. The zero-order chi connectivity index (χ0) is 17.5. The SMILES string of the molecule is CCOc1cc(CNC(=O)C(NC)c2cnn(C)c2)ccc1OC.Cl. The van der Waals surface area contributed by atoms with Crippen molar-refractivity contribution in [3.63, 3.8) is 0 Å². The Morgan fingerprint density at radius 2 is 2.12 bits per heavy atom. The Morgan fingerprint density at radius 1 is 1.36 bits per heavy atom. The molecule has 0 aliphatic rings. The van der Waals surface area contributed by atoms with Gasteiger partial charge in [-0.1, -0.05) is 6.07 Å². The van der Waals surface area contributed by atoms with Crippen LogP contribution in [-0.2, 0) is 18.4 Å². The summed E-state index contributed by atoms with van der Waals surface area (Å²) in [4.78, 5) is 12.4. The molecule has 1 heterocycles. The van der Waals surface area contributed by atoms with Crippen LogP contribution < -0.4 is 20.1 Å². The maximum absolute atomic E-state index is 12.4. The summed E-state index contributed by atoms with van der Waals surface area (Å²) in [6.07, 6.45) is 3.50. The zero-order valence-corrected chi connectivity index (χ0v) is 15.7. The third kappa shape index (κ3) is 5.37. The molecule has 0 saturated carbocycles. The van der Waals surface area contributed by atoms with Crippen molar-refractivity contribution < 1.29 is 14.3 Å². The van der Waals surface area contributed by atoms with Crippen LogP contribution in [0.2, 0.25) is 0 Å². The molecule has 0 spiro atoms. The lowest BCUT2D eigenvalue weighted by Gasteiger charge is -2.15. The minimum atomic E-state index is -0.441. The summed E-state index contributed by atoms with van der Waals surface area (Å²) < 4.78 is 12.5. The summed E-state index contributed by atoms with van der Waals surface area (Å²) in [7, 11) is 5.17. The molecular formula is C17H25ClN4O3. The third-order valence-electron chi connectivity index (χ3n) is 3.60. The van der Waals surface area contributed by atoms with Crippen LogP contribution in [0.25, 0.3) is 0 Å². The number of likely N-dealkylation sites (N-methyl/N-ethyl adjacent to an activating group) is 1. The fraction of sp³-hybridized carbons (Fsp3) is 0.412. The summed E-state index contributed by atoms with van der Waals surface area (Å²) in [6.45, 7) is 2.87. The van der Waals surface area contributed by atoms with E-state index in [1.54, 1.807) is 25.0 Å². The molecule has 25 heavy (non-hydrogen) atoms. The average molecular weight is 369 g/mol. The molecule has 0 bridgehead atoms. The van der Waals surface area contributed by atoms with E-state index in [1.807, 2.05) is 38.4 Å². The highest BCUT2D eigenvalue weighted by Crippen LogP contribution is 2.28. The number of ether oxygens (including phenoxy) is 2. The van der Waals surface area contributed by atoms with E-state index >= 15 is 0 Å². The number of aryl methyl sites for hydroxylation is 1. The van der Waals surface area contributed by atoms with Crippen molar-refractivity contribution in [2.45, 2.75) is 19.5 Å². The van der Waals surface area contributed by atoms with Crippen molar-refractivity contribution in [1.29, 1.82) is 0 Å². The number of hydrogen-bond acceptors (Lipinski definition) is 5. The van der Waals surface area contributed by atoms with Gasteiger partial charge in [0, 0.05) is 25.4 Å². The van der Waals surface area contributed by atoms with Crippen molar-refractivity contribution >= 4 is 18.3 Å². The summed E-state index contributed by atoms with van der Waals surface area (Å²) in [6, 6.07) is 5.17. The lowest BCUT2D eigenvalue weighted by Crippen LogP contribution is -2.35. The predicted octanol–water partition coefficient (Wildman–Crippen LogP) is 1.83. The van der Waals surface area contributed by atoms with E-state index in [9.17, 15) is 4.79 Å². The molecule has 1 aromatic carbocycles. The molecule has 8 heteroatoms. The molecule has 138 valence electrons. The summed E-state index contributed by atoms with van der Waals surface area (Å²) in [5.41, 5.74) is 1.76. The molecule has 0 saturated heterocycles. The fourth-order valence-electron chi connectivity index (χ4n) is 2.43. The van der Waals surface area contributed by atoms with Crippen molar-refractivity contribution in [3.05, 3.63) is 41.7 Å². The van der Waals surface area contributed by atoms with E-state index < -0.39 is 6.04 Å². The van der Waals surface area contributed by atoms with Gasteiger partial charge in [-0.05, 0) is 31.7 Å². The molecule has 1 aromatic heterocycles. The first-order valence-electron chi connectivity index (χ1n) is 7.82.